The van der Waals surface area contributed by atoms with Gasteiger partial charge in [-0.05, 0) is 48.9 Å². The number of sulfonamides is 1. The first-order valence-electron chi connectivity index (χ1n) is 10.9. The molecule has 1 aliphatic rings. The van der Waals surface area contributed by atoms with Gasteiger partial charge in [-0.3, -0.25) is 0 Å². The van der Waals surface area contributed by atoms with Gasteiger partial charge in [-0.2, -0.15) is 4.31 Å². The zero-order valence-corrected chi connectivity index (χ0v) is 19.3. The normalized spacial score (nSPS) is 15.2. The highest BCUT2D eigenvalue weighted by atomic mass is 32.2. The minimum absolute atomic E-state index is 0.259. The van der Waals surface area contributed by atoms with Gasteiger partial charge in [-0.25, -0.2) is 13.4 Å². The molecule has 1 saturated heterocycles. The average molecular weight is 460 g/mol. The summed E-state index contributed by atoms with van der Waals surface area (Å²) < 4.78 is 46.1. The predicted octanol–water partition coefficient (Wildman–Crippen LogP) is 3.44. The third kappa shape index (κ3) is 4.74. The third-order valence-corrected chi connectivity index (χ3v) is 7.46. The van der Waals surface area contributed by atoms with Crippen molar-refractivity contribution in [2.45, 2.75) is 37.8 Å². The van der Waals surface area contributed by atoms with Gasteiger partial charge in [0.15, 0.2) is 0 Å². The van der Waals surface area contributed by atoms with Crippen LogP contribution in [0.25, 0.3) is 11.0 Å². The number of hydrogen-bond acceptors (Lipinski definition) is 6. The minimum atomic E-state index is -3.57. The first-order chi connectivity index (χ1) is 15.5. The lowest BCUT2D eigenvalue weighted by molar-refractivity contribution is 0.0730. The third-order valence-electron chi connectivity index (χ3n) is 5.57. The highest BCUT2D eigenvalue weighted by Crippen LogP contribution is 2.25. The molecule has 2 heterocycles. The number of aryl methyl sites for hydroxylation is 1. The first-order valence-corrected chi connectivity index (χ1v) is 12.3. The Labute approximate surface area is 188 Å². The van der Waals surface area contributed by atoms with Crippen LogP contribution < -0.4 is 9.47 Å². The monoisotopic (exact) mass is 459 g/mol. The molecule has 1 aromatic heterocycles. The second-order valence-corrected chi connectivity index (χ2v) is 9.60. The molecule has 0 N–H and O–H groups in total. The van der Waals surface area contributed by atoms with E-state index in [0.717, 1.165) is 42.2 Å². The van der Waals surface area contributed by atoms with Crippen molar-refractivity contribution in [2.24, 2.45) is 0 Å². The van der Waals surface area contributed by atoms with E-state index in [9.17, 15) is 8.42 Å². The van der Waals surface area contributed by atoms with Crippen LogP contribution in [0.15, 0.2) is 47.4 Å². The number of aromatic nitrogens is 2. The summed E-state index contributed by atoms with van der Waals surface area (Å²) in [5, 5.41) is 0. The molecule has 0 unspecified atom stereocenters. The summed E-state index contributed by atoms with van der Waals surface area (Å²) in [5.74, 6) is 2.25. The fraction of sp³-hybridized carbons (Fsp3) is 0.435. The number of fused-ring (bicyclic) bond motifs is 1. The number of morpholine rings is 1. The van der Waals surface area contributed by atoms with Crippen LogP contribution in [0.2, 0.25) is 0 Å². The van der Waals surface area contributed by atoms with E-state index >= 15 is 0 Å². The summed E-state index contributed by atoms with van der Waals surface area (Å²) in [7, 11) is -1.95. The Morgan fingerprint density at radius 2 is 1.78 bits per heavy atom. The summed E-state index contributed by atoms with van der Waals surface area (Å²) in [4.78, 5) is 5.00. The molecule has 2 aromatic carbocycles. The van der Waals surface area contributed by atoms with Crippen LogP contribution in [0, 0.1) is 0 Å². The van der Waals surface area contributed by atoms with Gasteiger partial charge >= 0.3 is 0 Å². The molecule has 0 saturated carbocycles. The maximum Gasteiger partial charge on any atom is 0.243 e. The number of ether oxygens (including phenoxy) is 3. The van der Waals surface area contributed by atoms with Crippen LogP contribution in [-0.2, 0) is 27.9 Å². The Morgan fingerprint density at radius 3 is 2.47 bits per heavy atom. The molecular weight excluding hydrogens is 430 g/mol. The molecule has 8 nitrogen and oxygen atoms in total. The molecule has 9 heteroatoms. The lowest BCUT2D eigenvalue weighted by Crippen LogP contribution is -2.40. The molecular formula is C23H29N3O5S. The van der Waals surface area contributed by atoms with E-state index in [1.54, 1.807) is 19.2 Å². The van der Waals surface area contributed by atoms with Crippen molar-refractivity contribution in [3.8, 4) is 11.5 Å². The molecule has 3 aromatic rings. The molecule has 0 aliphatic carbocycles. The molecule has 0 amide bonds. The van der Waals surface area contributed by atoms with Gasteiger partial charge < -0.3 is 18.8 Å². The quantitative estimate of drug-likeness (QED) is 0.487. The van der Waals surface area contributed by atoms with Crippen LogP contribution in [0.1, 0.15) is 25.6 Å². The van der Waals surface area contributed by atoms with Crippen LogP contribution in [0.5, 0.6) is 11.5 Å². The standard InChI is InChI=1S/C23H29N3O5S/c1-3-4-11-26-22-10-9-20(32(27,28)25-12-14-30-15-13-25)16-21(22)24-23(26)17-31-19-7-5-18(29-2)6-8-19/h5-10,16H,3-4,11-15,17H2,1-2H3. The Bertz CT molecular complexity index is 1150. The first kappa shape index (κ1) is 22.6. The van der Waals surface area contributed by atoms with Crippen molar-refractivity contribution in [1.82, 2.24) is 13.9 Å². The van der Waals surface area contributed by atoms with Crippen LogP contribution in [0.4, 0.5) is 0 Å². The van der Waals surface area contributed by atoms with Gasteiger partial charge in [0.25, 0.3) is 0 Å². The van der Waals surface area contributed by atoms with Crippen molar-refractivity contribution < 1.29 is 22.6 Å². The maximum atomic E-state index is 13.1. The summed E-state index contributed by atoms with van der Waals surface area (Å²) in [6.45, 7) is 4.79. The summed E-state index contributed by atoms with van der Waals surface area (Å²) in [6, 6.07) is 12.6. The Hall–Kier alpha value is -2.62. The minimum Gasteiger partial charge on any atom is -0.497 e. The van der Waals surface area contributed by atoms with Gasteiger partial charge in [0.1, 0.15) is 23.9 Å². The maximum absolute atomic E-state index is 13.1. The number of imidazole rings is 1. The van der Waals surface area contributed by atoms with E-state index in [1.807, 2.05) is 30.3 Å². The number of unbranched alkanes of at least 4 members (excludes halogenated alkanes) is 1. The topological polar surface area (TPSA) is 82.9 Å². The van der Waals surface area contributed by atoms with Crippen molar-refractivity contribution in [1.29, 1.82) is 0 Å². The van der Waals surface area contributed by atoms with Crippen molar-refractivity contribution in [3.63, 3.8) is 0 Å². The average Bonchev–Trinajstić information content (AvgIpc) is 3.18. The summed E-state index contributed by atoms with van der Waals surface area (Å²) in [5.41, 5.74) is 1.57. The predicted molar refractivity (Wildman–Crippen MR) is 122 cm³/mol. The molecule has 0 radical (unpaired) electrons. The van der Waals surface area contributed by atoms with Crippen LogP contribution in [-0.4, -0.2) is 55.7 Å². The van der Waals surface area contributed by atoms with E-state index in [2.05, 4.69) is 11.5 Å². The molecule has 0 atom stereocenters. The fourth-order valence-corrected chi connectivity index (χ4v) is 5.18. The van der Waals surface area contributed by atoms with E-state index < -0.39 is 10.0 Å². The van der Waals surface area contributed by atoms with E-state index in [-0.39, 0.29) is 11.5 Å². The van der Waals surface area contributed by atoms with E-state index in [4.69, 9.17) is 19.2 Å². The highest BCUT2D eigenvalue weighted by Gasteiger charge is 2.27. The Kier molecular flexibility index (Phi) is 6.98. The Balaban J connectivity index is 1.62. The molecule has 1 fully saturated rings. The van der Waals surface area contributed by atoms with E-state index in [1.165, 1.54) is 4.31 Å². The fourth-order valence-electron chi connectivity index (χ4n) is 3.75. The van der Waals surface area contributed by atoms with Gasteiger partial charge in [0, 0.05) is 19.6 Å². The van der Waals surface area contributed by atoms with Crippen molar-refractivity contribution in [2.75, 3.05) is 33.4 Å². The van der Waals surface area contributed by atoms with Gasteiger partial charge in [-0.1, -0.05) is 13.3 Å². The lowest BCUT2D eigenvalue weighted by Gasteiger charge is -2.26. The summed E-state index contributed by atoms with van der Waals surface area (Å²) >= 11 is 0. The zero-order valence-electron chi connectivity index (χ0n) is 18.5. The lowest BCUT2D eigenvalue weighted by atomic mass is 10.3. The van der Waals surface area contributed by atoms with Crippen molar-refractivity contribution in [3.05, 3.63) is 48.3 Å². The number of rotatable bonds is 9. The highest BCUT2D eigenvalue weighted by molar-refractivity contribution is 7.89. The molecule has 0 spiro atoms. The second-order valence-electron chi connectivity index (χ2n) is 7.66. The number of benzene rings is 2. The largest absolute Gasteiger partial charge is 0.497 e. The molecule has 32 heavy (non-hydrogen) atoms. The van der Waals surface area contributed by atoms with Crippen LogP contribution in [0.3, 0.4) is 0 Å². The summed E-state index contributed by atoms with van der Waals surface area (Å²) in [6.07, 6.45) is 2.04. The molecule has 4 rings (SSSR count). The SMILES string of the molecule is CCCCn1c(COc2ccc(OC)cc2)nc2cc(S(=O)(=O)N3CCOCC3)ccc21. The Morgan fingerprint density at radius 1 is 1.06 bits per heavy atom. The number of hydrogen-bond donors (Lipinski definition) is 0. The van der Waals surface area contributed by atoms with Gasteiger partial charge in [0.05, 0.1) is 36.3 Å². The van der Waals surface area contributed by atoms with E-state index in [0.29, 0.717) is 31.8 Å². The van der Waals surface area contributed by atoms with Gasteiger partial charge in [-0.15, -0.1) is 0 Å². The van der Waals surface area contributed by atoms with Gasteiger partial charge in [0.2, 0.25) is 10.0 Å². The second kappa shape index (κ2) is 9.89. The number of nitrogens with zero attached hydrogens (tertiary/aromatic N) is 3. The zero-order chi connectivity index (χ0) is 22.6. The molecule has 0 bridgehead atoms. The van der Waals surface area contributed by atoms with Crippen LogP contribution >= 0.6 is 0 Å². The number of methoxy groups -OCH3 is 1. The van der Waals surface area contributed by atoms with Crippen molar-refractivity contribution >= 4 is 21.1 Å². The smallest absolute Gasteiger partial charge is 0.243 e. The molecule has 172 valence electrons. The molecule has 1 aliphatic heterocycles.